The van der Waals surface area contributed by atoms with Crippen molar-refractivity contribution in [2.45, 2.75) is 39.7 Å². The van der Waals surface area contributed by atoms with E-state index in [9.17, 15) is 4.79 Å². The Morgan fingerprint density at radius 1 is 1.33 bits per heavy atom. The van der Waals surface area contributed by atoms with Gasteiger partial charge in [-0.25, -0.2) is 9.97 Å². The highest BCUT2D eigenvalue weighted by Crippen LogP contribution is 2.18. The number of hydrogen-bond donors (Lipinski definition) is 2. The molecule has 2 aromatic heterocycles. The van der Waals surface area contributed by atoms with Crippen LogP contribution in [0.3, 0.4) is 0 Å². The Balaban J connectivity index is 1.87. The molecule has 2 N–H and O–H groups in total. The number of nitrogens with zero attached hydrogens (tertiary/aromatic N) is 3. The Morgan fingerprint density at radius 2 is 2.10 bits per heavy atom. The number of amides is 1. The molecule has 0 aromatic carbocycles. The molecule has 1 atom stereocenters. The number of carbonyl (C=O) groups excluding carboxylic acids is 1. The normalized spacial score (nSPS) is 12.0. The summed E-state index contributed by atoms with van der Waals surface area (Å²) in [4.78, 5) is 25.8. The Hall–Kier alpha value is -2.02. The summed E-state index contributed by atoms with van der Waals surface area (Å²) in [5, 5.41) is 5.76. The van der Waals surface area contributed by atoms with Crippen molar-refractivity contribution in [3.63, 3.8) is 0 Å². The number of hydrogen-bond acceptors (Lipinski definition) is 6. The molecule has 0 saturated heterocycles. The van der Waals surface area contributed by atoms with Crippen LogP contribution in [0.25, 0.3) is 0 Å². The highest BCUT2D eigenvalue weighted by Gasteiger charge is 2.07. The first-order chi connectivity index (χ1) is 10.0. The predicted molar refractivity (Wildman–Crippen MR) is 84.6 cm³/mol. The van der Waals surface area contributed by atoms with Crippen LogP contribution in [0, 0.1) is 6.92 Å². The molecular formula is C14H19N5OS. The van der Waals surface area contributed by atoms with Crippen LogP contribution >= 0.6 is 11.3 Å². The van der Waals surface area contributed by atoms with E-state index in [0.717, 1.165) is 12.8 Å². The summed E-state index contributed by atoms with van der Waals surface area (Å²) in [7, 11) is 0. The van der Waals surface area contributed by atoms with Gasteiger partial charge in [-0.1, -0.05) is 0 Å². The minimum Gasteiger partial charge on any atom is -0.352 e. The van der Waals surface area contributed by atoms with Crippen molar-refractivity contribution in [3.05, 3.63) is 28.2 Å². The van der Waals surface area contributed by atoms with E-state index >= 15 is 0 Å². The van der Waals surface area contributed by atoms with Gasteiger partial charge >= 0.3 is 0 Å². The summed E-state index contributed by atoms with van der Waals surface area (Å²) in [6.07, 6.45) is 3.40. The van der Waals surface area contributed by atoms with Gasteiger partial charge in [-0.3, -0.25) is 10.1 Å². The Bertz CT molecular complexity index is 613. The quantitative estimate of drug-likeness (QED) is 0.857. The zero-order valence-electron chi connectivity index (χ0n) is 12.4. The second-order valence-corrected chi connectivity index (χ2v) is 6.28. The first-order valence-electron chi connectivity index (χ1n) is 6.81. The van der Waals surface area contributed by atoms with E-state index in [1.54, 1.807) is 0 Å². The lowest BCUT2D eigenvalue weighted by molar-refractivity contribution is -0.114. The number of rotatable bonds is 6. The molecule has 0 saturated carbocycles. The van der Waals surface area contributed by atoms with Crippen LogP contribution in [-0.4, -0.2) is 26.9 Å². The maximum absolute atomic E-state index is 11.0. The van der Waals surface area contributed by atoms with Crippen molar-refractivity contribution in [2.75, 3.05) is 10.6 Å². The third-order valence-corrected chi connectivity index (χ3v) is 3.92. The molecule has 0 spiro atoms. The first kappa shape index (κ1) is 15.4. The van der Waals surface area contributed by atoms with Gasteiger partial charge in [-0.15, -0.1) is 11.3 Å². The number of aryl methyl sites for hydroxylation is 2. The second-order valence-electron chi connectivity index (χ2n) is 4.91. The lowest BCUT2D eigenvalue weighted by Crippen LogP contribution is -2.19. The summed E-state index contributed by atoms with van der Waals surface area (Å²) < 4.78 is 0. The zero-order valence-corrected chi connectivity index (χ0v) is 13.2. The van der Waals surface area contributed by atoms with Gasteiger partial charge in [0.1, 0.15) is 6.33 Å². The molecule has 6 nitrogen and oxygen atoms in total. The Kier molecular flexibility index (Phi) is 5.21. The summed E-state index contributed by atoms with van der Waals surface area (Å²) in [5.74, 6) is 0.540. The number of anilines is 2. The fourth-order valence-electron chi connectivity index (χ4n) is 1.85. The van der Waals surface area contributed by atoms with Gasteiger partial charge in [0, 0.05) is 22.7 Å². The molecular weight excluding hydrogens is 286 g/mol. The molecule has 2 aromatic rings. The first-order valence-corrected chi connectivity index (χ1v) is 7.63. The van der Waals surface area contributed by atoms with Gasteiger partial charge in [0.2, 0.25) is 17.8 Å². The molecule has 21 heavy (non-hydrogen) atoms. The van der Waals surface area contributed by atoms with Gasteiger partial charge in [-0.05, 0) is 38.8 Å². The molecule has 0 aliphatic rings. The monoisotopic (exact) mass is 305 g/mol. The van der Waals surface area contributed by atoms with Gasteiger partial charge in [0.25, 0.3) is 0 Å². The Morgan fingerprint density at radius 3 is 2.76 bits per heavy atom. The highest BCUT2D eigenvalue weighted by molar-refractivity contribution is 7.11. The van der Waals surface area contributed by atoms with E-state index in [1.165, 1.54) is 23.0 Å². The number of thiophene rings is 1. The Labute approximate surface area is 128 Å². The van der Waals surface area contributed by atoms with E-state index in [0.29, 0.717) is 5.95 Å². The average Bonchev–Trinajstić information content (AvgIpc) is 2.82. The van der Waals surface area contributed by atoms with Gasteiger partial charge in [-0.2, -0.15) is 4.98 Å². The fraction of sp³-hybridized carbons (Fsp3) is 0.429. The molecule has 2 rings (SSSR count). The molecule has 112 valence electrons. The summed E-state index contributed by atoms with van der Waals surface area (Å²) in [6.45, 7) is 5.62. The van der Waals surface area contributed by atoms with Gasteiger partial charge in [0.15, 0.2) is 0 Å². The zero-order chi connectivity index (χ0) is 15.2. The largest absolute Gasteiger partial charge is 0.352 e. The van der Waals surface area contributed by atoms with Crippen LogP contribution < -0.4 is 10.6 Å². The summed E-state index contributed by atoms with van der Waals surface area (Å²) in [5.41, 5.74) is 0. The summed E-state index contributed by atoms with van der Waals surface area (Å²) in [6, 6.07) is 4.55. The van der Waals surface area contributed by atoms with E-state index in [4.69, 9.17) is 0 Å². The van der Waals surface area contributed by atoms with Crippen LogP contribution in [0.2, 0.25) is 0 Å². The van der Waals surface area contributed by atoms with Crippen LogP contribution in [0.1, 0.15) is 30.0 Å². The smallest absolute Gasteiger partial charge is 0.234 e. The van der Waals surface area contributed by atoms with Crippen LogP contribution in [-0.2, 0) is 11.2 Å². The molecule has 1 amide bonds. The molecule has 1 unspecified atom stereocenters. The van der Waals surface area contributed by atoms with E-state index in [-0.39, 0.29) is 17.9 Å². The van der Waals surface area contributed by atoms with Crippen molar-refractivity contribution < 1.29 is 4.79 Å². The maximum atomic E-state index is 11.0. The minimum absolute atomic E-state index is 0.201. The average molecular weight is 305 g/mol. The highest BCUT2D eigenvalue weighted by atomic mass is 32.1. The molecule has 0 bridgehead atoms. The van der Waals surface area contributed by atoms with Crippen LogP contribution in [0.4, 0.5) is 11.9 Å². The van der Waals surface area contributed by atoms with Crippen molar-refractivity contribution in [3.8, 4) is 0 Å². The van der Waals surface area contributed by atoms with Crippen molar-refractivity contribution in [2.24, 2.45) is 0 Å². The third-order valence-electron chi connectivity index (χ3n) is 2.85. The molecule has 0 fully saturated rings. The SMILES string of the molecule is CC(=O)Nc1ncnc(NC(C)CCc2ccc(C)s2)n1. The lowest BCUT2D eigenvalue weighted by Gasteiger charge is -2.13. The molecule has 0 aliphatic heterocycles. The van der Waals surface area contributed by atoms with Gasteiger partial charge in [0.05, 0.1) is 0 Å². The van der Waals surface area contributed by atoms with Gasteiger partial charge < -0.3 is 5.32 Å². The standard InChI is InChI=1S/C14H19N5OS/c1-9(4-6-12-7-5-10(2)21-12)17-13-15-8-16-14(19-13)18-11(3)20/h5,7-9H,4,6H2,1-3H3,(H2,15,16,17,18,19,20). The lowest BCUT2D eigenvalue weighted by atomic mass is 10.1. The second kappa shape index (κ2) is 7.12. The van der Waals surface area contributed by atoms with E-state index in [2.05, 4.69) is 51.6 Å². The van der Waals surface area contributed by atoms with Crippen molar-refractivity contribution >= 4 is 29.1 Å². The molecule has 7 heteroatoms. The molecule has 0 aliphatic carbocycles. The van der Waals surface area contributed by atoms with E-state index in [1.807, 2.05) is 11.3 Å². The number of aromatic nitrogens is 3. The topological polar surface area (TPSA) is 79.8 Å². The molecule has 2 heterocycles. The molecule has 0 radical (unpaired) electrons. The fourth-order valence-corrected chi connectivity index (χ4v) is 2.76. The number of nitrogens with one attached hydrogen (secondary N) is 2. The van der Waals surface area contributed by atoms with Crippen LogP contribution in [0.5, 0.6) is 0 Å². The predicted octanol–water partition coefficient (Wildman–Crippen LogP) is 2.63. The van der Waals surface area contributed by atoms with Crippen molar-refractivity contribution in [1.82, 2.24) is 15.0 Å². The van der Waals surface area contributed by atoms with E-state index < -0.39 is 0 Å². The number of carbonyl (C=O) groups is 1. The maximum Gasteiger partial charge on any atom is 0.234 e. The van der Waals surface area contributed by atoms with Crippen LogP contribution in [0.15, 0.2) is 18.5 Å². The van der Waals surface area contributed by atoms with Crippen molar-refractivity contribution in [1.29, 1.82) is 0 Å². The summed E-state index contributed by atoms with van der Waals surface area (Å²) >= 11 is 1.83. The third kappa shape index (κ3) is 5.11. The minimum atomic E-state index is -0.201.